The first-order chi connectivity index (χ1) is 12.1. The molecule has 0 saturated carbocycles. The number of nitrogens with zero attached hydrogens (tertiary/aromatic N) is 2. The summed E-state index contributed by atoms with van der Waals surface area (Å²) in [7, 11) is 0. The molecule has 4 heterocycles. The minimum absolute atomic E-state index is 0.0578. The van der Waals surface area contributed by atoms with Crippen molar-refractivity contribution in [2.45, 2.75) is 64.1 Å². The second kappa shape index (κ2) is 5.46. The van der Waals surface area contributed by atoms with Gasteiger partial charge in [0.05, 0.1) is 5.69 Å². The molecule has 130 valence electrons. The van der Waals surface area contributed by atoms with Crippen molar-refractivity contribution in [3.8, 4) is 0 Å². The van der Waals surface area contributed by atoms with Gasteiger partial charge in [-0.1, -0.05) is 6.07 Å². The van der Waals surface area contributed by atoms with Crippen LogP contribution in [0.25, 0.3) is 22.1 Å². The summed E-state index contributed by atoms with van der Waals surface area (Å²) in [6.45, 7) is 4.12. The molecule has 3 atom stereocenters. The molecule has 0 radical (unpaired) electrons. The molecule has 0 aliphatic carbocycles. The SMILES string of the molecule is Cc1cc(C(C)N)c2oc3c(N4C5CCCC4CC5)ccnc3c2c1. The molecule has 2 saturated heterocycles. The van der Waals surface area contributed by atoms with Crippen LogP contribution >= 0.6 is 0 Å². The molecule has 5 rings (SSSR count). The number of hydrogen-bond donors (Lipinski definition) is 1. The highest BCUT2D eigenvalue weighted by atomic mass is 16.3. The third-order valence-corrected chi connectivity index (χ3v) is 6.07. The van der Waals surface area contributed by atoms with E-state index in [4.69, 9.17) is 10.2 Å². The minimum Gasteiger partial charge on any atom is -0.452 e. The van der Waals surface area contributed by atoms with Crippen LogP contribution < -0.4 is 10.6 Å². The van der Waals surface area contributed by atoms with Crippen LogP contribution in [0.2, 0.25) is 0 Å². The first kappa shape index (κ1) is 15.2. The average Bonchev–Trinajstić information content (AvgIpc) is 3.08. The first-order valence-corrected chi connectivity index (χ1v) is 9.49. The molecule has 2 N–H and O–H groups in total. The van der Waals surface area contributed by atoms with Gasteiger partial charge in [-0.15, -0.1) is 0 Å². The number of hydrogen-bond acceptors (Lipinski definition) is 4. The van der Waals surface area contributed by atoms with Gasteiger partial charge in [-0.05, 0) is 63.6 Å². The molecule has 4 heteroatoms. The van der Waals surface area contributed by atoms with Crippen molar-refractivity contribution in [2.75, 3.05) is 4.90 Å². The molecule has 3 aromatic rings. The highest BCUT2D eigenvalue weighted by molar-refractivity contribution is 6.07. The largest absolute Gasteiger partial charge is 0.452 e. The van der Waals surface area contributed by atoms with Crippen molar-refractivity contribution in [1.29, 1.82) is 0 Å². The van der Waals surface area contributed by atoms with E-state index in [9.17, 15) is 0 Å². The van der Waals surface area contributed by atoms with Gasteiger partial charge in [0.2, 0.25) is 0 Å². The molecule has 25 heavy (non-hydrogen) atoms. The van der Waals surface area contributed by atoms with E-state index in [2.05, 4.69) is 35.0 Å². The summed E-state index contributed by atoms with van der Waals surface area (Å²) >= 11 is 0. The molecular weight excluding hydrogens is 310 g/mol. The Bertz CT molecular complexity index is 943. The lowest BCUT2D eigenvalue weighted by Crippen LogP contribution is -2.39. The number of anilines is 1. The molecule has 2 fully saturated rings. The topological polar surface area (TPSA) is 55.3 Å². The van der Waals surface area contributed by atoms with E-state index in [-0.39, 0.29) is 6.04 Å². The number of rotatable bonds is 2. The molecule has 1 aromatic carbocycles. The number of aryl methyl sites for hydroxylation is 1. The van der Waals surface area contributed by atoms with Crippen LogP contribution in [-0.2, 0) is 0 Å². The number of benzene rings is 1. The summed E-state index contributed by atoms with van der Waals surface area (Å²) in [4.78, 5) is 7.29. The van der Waals surface area contributed by atoms with Crippen LogP contribution in [-0.4, -0.2) is 17.1 Å². The quantitative estimate of drug-likeness (QED) is 0.729. The maximum atomic E-state index is 6.42. The van der Waals surface area contributed by atoms with Gasteiger partial charge in [0.25, 0.3) is 0 Å². The van der Waals surface area contributed by atoms with Gasteiger partial charge in [-0.25, -0.2) is 0 Å². The molecule has 4 nitrogen and oxygen atoms in total. The van der Waals surface area contributed by atoms with Crippen LogP contribution in [0.5, 0.6) is 0 Å². The molecule has 2 aromatic heterocycles. The predicted molar refractivity (Wildman–Crippen MR) is 102 cm³/mol. The zero-order chi connectivity index (χ0) is 17.1. The molecular formula is C21H25N3O. The van der Waals surface area contributed by atoms with Gasteiger partial charge >= 0.3 is 0 Å². The maximum Gasteiger partial charge on any atom is 0.177 e. The van der Waals surface area contributed by atoms with Gasteiger partial charge < -0.3 is 15.1 Å². The van der Waals surface area contributed by atoms with Gasteiger partial charge in [-0.2, -0.15) is 0 Å². The second-order valence-corrected chi connectivity index (χ2v) is 7.85. The van der Waals surface area contributed by atoms with Crippen molar-refractivity contribution in [3.63, 3.8) is 0 Å². The smallest absolute Gasteiger partial charge is 0.177 e. The van der Waals surface area contributed by atoms with Crippen LogP contribution in [0.4, 0.5) is 5.69 Å². The Morgan fingerprint density at radius 1 is 1.16 bits per heavy atom. The summed E-state index contributed by atoms with van der Waals surface area (Å²) in [5.41, 5.74) is 12.5. The van der Waals surface area contributed by atoms with E-state index in [1.807, 2.05) is 13.1 Å². The number of fused-ring (bicyclic) bond motifs is 5. The Kier molecular flexibility index (Phi) is 3.32. The fraction of sp³-hybridized carbons (Fsp3) is 0.476. The fourth-order valence-corrected chi connectivity index (χ4v) is 4.98. The number of furan rings is 1. The molecule has 0 spiro atoms. The van der Waals surface area contributed by atoms with Crippen LogP contribution in [0, 0.1) is 6.92 Å². The van der Waals surface area contributed by atoms with Gasteiger partial charge in [-0.3, -0.25) is 4.98 Å². The predicted octanol–water partition coefficient (Wildman–Crippen LogP) is 4.83. The van der Waals surface area contributed by atoms with Crippen LogP contribution in [0.1, 0.15) is 56.2 Å². The minimum atomic E-state index is -0.0578. The normalized spacial score (nSPS) is 24.4. The summed E-state index contributed by atoms with van der Waals surface area (Å²) < 4.78 is 6.42. The highest BCUT2D eigenvalue weighted by Crippen LogP contribution is 2.44. The third kappa shape index (κ3) is 2.20. The van der Waals surface area contributed by atoms with E-state index in [0.29, 0.717) is 12.1 Å². The lowest BCUT2D eigenvalue weighted by atomic mass is 10.0. The highest BCUT2D eigenvalue weighted by Gasteiger charge is 2.38. The average molecular weight is 335 g/mol. The number of nitrogens with two attached hydrogens (primary N) is 1. The summed E-state index contributed by atoms with van der Waals surface area (Å²) in [6.07, 6.45) is 8.50. The number of pyridine rings is 1. The van der Waals surface area contributed by atoms with Gasteiger partial charge in [0.1, 0.15) is 11.1 Å². The summed E-state index contributed by atoms with van der Waals surface area (Å²) in [5, 5.41) is 1.09. The summed E-state index contributed by atoms with van der Waals surface area (Å²) in [6, 6.07) is 7.71. The zero-order valence-electron chi connectivity index (χ0n) is 15.0. The Balaban J connectivity index is 1.78. The Morgan fingerprint density at radius 2 is 1.92 bits per heavy atom. The van der Waals surface area contributed by atoms with Gasteiger partial charge in [0, 0.05) is 35.3 Å². The lowest BCUT2D eigenvalue weighted by molar-refractivity contribution is 0.467. The Labute approximate surface area is 148 Å². The lowest BCUT2D eigenvalue weighted by Gasteiger charge is -2.36. The van der Waals surface area contributed by atoms with Crippen LogP contribution in [0.15, 0.2) is 28.8 Å². The fourth-order valence-electron chi connectivity index (χ4n) is 4.98. The maximum absolute atomic E-state index is 6.42. The number of piperidine rings is 1. The second-order valence-electron chi connectivity index (χ2n) is 7.85. The zero-order valence-corrected chi connectivity index (χ0v) is 15.0. The standard InChI is InChI=1S/C21H25N3O/c1-12-10-16(13(2)22)20-17(11-12)19-21(25-20)18(8-9-23-19)24-14-4-3-5-15(24)7-6-14/h8-11,13-15H,3-7,22H2,1-2H3. The Morgan fingerprint density at radius 3 is 2.64 bits per heavy atom. The van der Waals surface area contributed by atoms with E-state index in [1.165, 1.54) is 43.4 Å². The molecule has 3 unspecified atom stereocenters. The number of aromatic nitrogens is 1. The van der Waals surface area contributed by atoms with Crippen molar-refractivity contribution >= 4 is 27.8 Å². The van der Waals surface area contributed by atoms with E-state index in [0.717, 1.165) is 27.6 Å². The first-order valence-electron chi connectivity index (χ1n) is 9.49. The van der Waals surface area contributed by atoms with Crippen molar-refractivity contribution in [1.82, 2.24) is 4.98 Å². The third-order valence-electron chi connectivity index (χ3n) is 6.07. The van der Waals surface area contributed by atoms with Crippen molar-refractivity contribution < 1.29 is 4.42 Å². The summed E-state index contributed by atoms with van der Waals surface area (Å²) in [5.74, 6) is 0. The molecule has 2 aliphatic rings. The Hall–Kier alpha value is -2.07. The monoisotopic (exact) mass is 335 g/mol. The van der Waals surface area contributed by atoms with Crippen molar-refractivity contribution in [3.05, 3.63) is 35.5 Å². The van der Waals surface area contributed by atoms with E-state index < -0.39 is 0 Å². The van der Waals surface area contributed by atoms with Crippen molar-refractivity contribution in [2.24, 2.45) is 5.73 Å². The molecule has 2 bridgehead atoms. The van der Waals surface area contributed by atoms with Gasteiger partial charge in [0.15, 0.2) is 5.58 Å². The van der Waals surface area contributed by atoms with Crippen LogP contribution in [0.3, 0.4) is 0 Å². The van der Waals surface area contributed by atoms with E-state index in [1.54, 1.807) is 0 Å². The molecule has 2 aliphatic heterocycles. The molecule has 0 amide bonds. The van der Waals surface area contributed by atoms with E-state index >= 15 is 0 Å².